The van der Waals surface area contributed by atoms with Crippen LogP contribution in [0, 0.1) is 0 Å². The molecule has 0 bridgehead atoms. The summed E-state index contributed by atoms with van der Waals surface area (Å²) >= 11 is 6.00. The van der Waals surface area contributed by atoms with E-state index in [9.17, 15) is 4.79 Å². The Morgan fingerprint density at radius 1 is 1.06 bits per heavy atom. The molecule has 3 rings (SSSR count). The van der Waals surface area contributed by atoms with Gasteiger partial charge in [-0.05, 0) is 12.1 Å². The lowest BCUT2D eigenvalue weighted by Crippen LogP contribution is -1.99. The average Bonchev–Trinajstić information content (AvgIpc) is 2.27. The maximum Gasteiger partial charge on any atom is 0.183 e. The van der Waals surface area contributed by atoms with E-state index in [1.807, 2.05) is 30.3 Å². The largest absolute Gasteiger partial charge is 0.456 e. The van der Waals surface area contributed by atoms with Crippen molar-refractivity contribution in [3.63, 3.8) is 0 Å². The Kier molecular flexibility index (Phi) is 1.98. The molecule has 1 aromatic carbocycles. The topological polar surface area (TPSA) is 30.2 Å². The molecule has 78 valence electrons. The van der Waals surface area contributed by atoms with Gasteiger partial charge in [0.25, 0.3) is 0 Å². The molecule has 0 unspecified atom stereocenters. The zero-order valence-corrected chi connectivity index (χ0v) is 8.99. The molecule has 2 nitrogen and oxygen atoms in total. The van der Waals surface area contributed by atoms with E-state index < -0.39 is 0 Å². The van der Waals surface area contributed by atoms with Crippen LogP contribution in [0.3, 0.4) is 0 Å². The Hall–Kier alpha value is -1.80. The van der Waals surface area contributed by atoms with Gasteiger partial charge in [0.2, 0.25) is 0 Å². The van der Waals surface area contributed by atoms with Gasteiger partial charge in [-0.15, -0.1) is 0 Å². The quantitative estimate of drug-likeness (QED) is 0.553. The molecule has 1 heterocycles. The van der Waals surface area contributed by atoms with Gasteiger partial charge < -0.3 is 4.42 Å². The Labute approximate surface area is 96.4 Å². The van der Waals surface area contributed by atoms with Crippen LogP contribution in [0.2, 0.25) is 5.02 Å². The first-order chi connectivity index (χ1) is 7.74. The molecule has 0 fully saturated rings. The van der Waals surface area contributed by atoms with E-state index in [2.05, 4.69) is 0 Å². The van der Waals surface area contributed by atoms with Crippen LogP contribution in [-0.4, -0.2) is 0 Å². The molecule has 0 saturated heterocycles. The third kappa shape index (κ3) is 1.39. The van der Waals surface area contributed by atoms with Gasteiger partial charge in [-0.2, -0.15) is 0 Å². The molecule has 0 saturated carbocycles. The van der Waals surface area contributed by atoms with Crippen LogP contribution >= 0.6 is 11.6 Å². The van der Waals surface area contributed by atoms with Gasteiger partial charge in [0, 0.05) is 23.1 Å². The molecule has 0 radical (unpaired) electrons. The summed E-state index contributed by atoms with van der Waals surface area (Å²) in [6.07, 6.45) is 0. The number of para-hydroxylation sites is 1. The Balaban J connectivity index is 2.52. The predicted molar refractivity (Wildman–Crippen MR) is 64.1 cm³/mol. The Bertz CT molecular complexity index is 700. The summed E-state index contributed by atoms with van der Waals surface area (Å²) in [7, 11) is 0. The number of hydrogen-bond acceptors (Lipinski definition) is 2. The summed E-state index contributed by atoms with van der Waals surface area (Å²) in [5.74, 6) is 0.524. The number of halogens is 1. The number of fused-ring (bicyclic) bond motifs is 2. The minimum absolute atomic E-state index is 0.142. The molecule has 0 atom stereocenters. The SMILES string of the molecule is O=c1cc2oc3ccccc3cc-2c(Cl)c1. The van der Waals surface area contributed by atoms with E-state index in [1.54, 1.807) is 0 Å². The van der Waals surface area contributed by atoms with Gasteiger partial charge in [-0.25, -0.2) is 0 Å². The highest BCUT2D eigenvalue weighted by molar-refractivity contribution is 6.33. The van der Waals surface area contributed by atoms with Crippen molar-refractivity contribution in [1.29, 1.82) is 0 Å². The molecule has 1 aliphatic carbocycles. The van der Waals surface area contributed by atoms with Crippen molar-refractivity contribution < 1.29 is 4.42 Å². The zero-order chi connectivity index (χ0) is 11.1. The smallest absolute Gasteiger partial charge is 0.183 e. The minimum Gasteiger partial charge on any atom is -0.456 e. The molecule has 1 aromatic rings. The van der Waals surface area contributed by atoms with Crippen LogP contribution in [0.25, 0.3) is 22.3 Å². The van der Waals surface area contributed by atoms with E-state index in [0.717, 1.165) is 16.5 Å². The summed E-state index contributed by atoms with van der Waals surface area (Å²) in [4.78, 5) is 11.3. The van der Waals surface area contributed by atoms with Gasteiger partial charge in [0.1, 0.15) is 11.3 Å². The van der Waals surface area contributed by atoms with E-state index in [4.69, 9.17) is 16.0 Å². The highest BCUT2D eigenvalue weighted by Gasteiger charge is 2.11. The average molecular weight is 231 g/mol. The second-order valence-electron chi connectivity index (χ2n) is 3.60. The van der Waals surface area contributed by atoms with Crippen molar-refractivity contribution in [2.24, 2.45) is 0 Å². The van der Waals surface area contributed by atoms with Crippen LogP contribution < -0.4 is 5.43 Å². The van der Waals surface area contributed by atoms with Crippen molar-refractivity contribution in [2.75, 3.05) is 0 Å². The maximum absolute atomic E-state index is 11.3. The Morgan fingerprint density at radius 3 is 2.75 bits per heavy atom. The molecular formula is C13H7ClO2. The van der Waals surface area contributed by atoms with Gasteiger partial charge in [-0.3, -0.25) is 4.79 Å². The molecular weight excluding hydrogens is 224 g/mol. The summed E-state index contributed by atoms with van der Waals surface area (Å²) < 4.78 is 5.62. The summed E-state index contributed by atoms with van der Waals surface area (Å²) in [6.45, 7) is 0. The summed E-state index contributed by atoms with van der Waals surface area (Å²) in [6, 6.07) is 12.4. The van der Waals surface area contributed by atoms with Crippen LogP contribution in [0.15, 0.2) is 51.7 Å². The third-order valence-electron chi connectivity index (χ3n) is 2.50. The van der Waals surface area contributed by atoms with Crippen molar-refractivity contribution in [3.05, 3.63) is 57.7 Å². The molecule has 16 heavy (non-hydrogen) atoms. The second kappa shape index (κ2) is 3.35. The molecule has 0 N–H and O–H groups in total. The fourth-order valence-corrected chi connectivity index (χ4v) is 2.02. The van der Waals surface area contributed by atoms with Crippen molar-refractivity contribution in [3.8, 4) is 11.3 Å². The Morgan fingerprint density at radius 2 is 1.88 bits per heavy atom. The van der Waals surface area contributed by atoms with Crippen molar-refractivity contribution in [1.82, 2.24) is 0 Å². The third-order valence-corrected chi connectivity index (χ3v) is 2.82. The van der Waals surface area contributed by atoms with Crippen molar-refractivity contribution >= 4 is 22.6 Å². The second-order valence-corrected chi connectivity index (χ2v) is 4.01. The van der Waals surface area contributed by atoms with E-state index in [-0.39, 0.29) is 5.43 Å². The molecule has 0 aromatic heterocycles. The fourth-order valence-electron chi connectivity index (χ4n) is 1.76. The first-order valence-electron chi connectivity index (χ1n) is 4.86. The highest BCUT2D eigenvalue weighted by Crippen LogP contribution is 2.31. The minimum atomic E-state index is -0.142. The van der Waals surface area contributed by atoms with Crippen molar-refractivity contribution in [2.45, 2.75) is 0 Å². The van der Waals surface area contributed by atoms with Crippen LogP contribution in [0.5, 0.6) is 0 Å². The monoisotopic (exact) mass is 230 g/mol. The first-order valence-corrected chi connectivity index (χ1v) is 5.24. The van der Waals surface area contributed by atoms with Crippen LogP contribution in [0.4, 0.5) is 0 Å². The lowest BCUT2D eigenvalue weighted by atomic mass is 10.1. The summed E-state index contributed by atoms with van der Waals surface area (Å²) in [5, 5.41) is 1.40. The van der Waals surface area contributed by atoms with E-state index in [0.29, 0.717) is 10.8 Å². The number of benzene rings is 2. The fraction of sp³-hybridized carbons (Fsp3) is 0. The van der Waals surface area contributed by atoms with Crippen LogP contribution in [-0.2, 0) is 0 Å². The molecule has 1 aliphatic heterocycles. The first kappa shape index (κ1) is 9.43. The summed E-state index contributed by atoms with van der Waals surface area (Å²) in [5.41, 5.74) is 1.37. The van der Waals surface area contributed by atoms with Gasteiger partial charge in [-0.1, -0.05) is 29.8 Å². The number of hydrogen-bond donors (Lipinski definition) is 0. The zero-order valence-electron chi connectivity index (χ0n) is 8.24. The van der Waals surface area contributed by atoms with Gasteiger partial charge in [0.05, 0.1) is 5.02 Å². The van der Waals surface area contributed by atoms with E-state index >= 15 is 0 Å². The van der Waals surface area contributed by atoms with Gasteiger partial charge in [0.15, 0.2) is 5.43 Å². The normalized spacial score (nSPS) is 11.1. The molecule has 3 heteroatoms. The molecule has 2 aliphatic rings. The lowest BCUT2D eigenvalue weighted by molar-refractivity contribution is 0.619. The highest BCUT2D eigenvalue weighted by atomic mass is 35.5. The molecule has 0 spiro atoms. The van der Waals surface area contributed by atoms with E-state index in [1.165, 1.54) is 12.1 Å². The predicted octanol–water partition coefficient (Wildman–Crippen LogP) is 3.55. The molecule has 0 amide bonds. The van der Waals surface area contributed by atoms with Crippen LogP contribution in [0.1, 0.15) is 0 Å². The standard InChI is InChI=1S/C13H7ClO2/c14-11-6-9(15)7-13-10(11)5-8-3-1-2-4-12(8)16-13/h1-7H. The number of rotatable bonds is 0. The van der Waals surface area contributed by atoms with Gasteiger partial charge >= 0.3 is 0 Å². The lowest BCUT2D eigenvalue weighted by Gasteiger charge is -2.07. The maximum atomic E-state index is 11.3.